The molecule has 1 aliphatic heterocycles. The summed E-state index contributed by atoms with van der Waals surface area (Å²) < 4.78 is 0. The highest BCUT2D eigenvalue weighted by Crippen LogP contribution is 1.96. The fraction of sp³-hybridized carbons (Fsp3) is 0.625. The maximum Gasteiger partial charge on any atom is 0.324 e. The number of urea groups is 1. The van der Waals surface area contributed by atoms with E-state index in [9.17, 15) is 14.4 Å². The topological polar surface area (TPSA) is 78.5 Å². The van der Waals surface area contributed by atoms with E-state index in [1.165, 1.54) is 4.90 Å². The number of carbonyl (C=O) groups is 3. The minimum atomic E-state index is -0.572. The van der Waals surface area contributed by atoms with Gasteiger partial charge in [-0.1, -0.05) is 0 Å². The number of rotatable bonds is 1. The minimum absolute atomic E-state index is 0.0264. The van der Waals surface area contributed by atoms with Crippen LogP contribution in [0.15, 0.2) is 0 Å². The molecular weight excluding hydrogens is 222 g/mol. The van der Waals surface area contributed by atoms with E-state index < -0.39 is 11.9 Å². The molecule has 4 amide bonds. The summed E-state index contributed by atoms with van der Waals surface area (Å²) in [6, 6.07) is -0.572. The first-order valence-corrected chi connectivity index (χ1v) is 5.08. The Morgan fingerprint density at radius 3 is 2.93 bits per heavy atom. The second-order valence-corrected chi connectivity index (χ2v) is 3.38. The number of carbonyl (C=O) groups excluding carboxylic acids is 3. The molecule has 1 saturated heterocycles. The molecule has 0 unspecified atom stereocenters. The van der Waals surface area contributed by atoms with Crippen molar-refractivity contribution < 1.29 is 14.4 Å². The lowest BCUT2D eigenvalue weighted by Gasteiger charge is -2.18. The molecule has 1 aliphatic rings. The number of amides is 4. The first kappa shape index (κ1) is 11.8. The van der Waals surface area contributed by atoms with E-state index in [-0.39, 0.29) is 18.3 Å². The lowest BCUT2D eigenvalue weighted by atomic mass is 10.4. The van der Waals surface area contributed by atoms with Crippen LogP contribution in [0.25, 0.3) is 0 Å². The Morgan fingerprint density at radius 1 is 1.53 bits per heavy atom. The van der Waals surface area contributed by atoms with Crippen LogP contribution in [0, 0.1) is 0 Å². The molecule has 0 aromatic rings. The summed E-state index contributed by atoms with van der Waals surface area (Å²) in [5, 5.41) is 4.71. The molecule has 1 rings (SSSR count). The van der Waals surface area contributed by atoms with Crippen LogP contribution in [-0.2, 0) is 9.59 Å². The fourth-order valence-electron chi connectivity index (χ4n) is 1.21. The Morgan fingerprint density at radius 2 is 2.27 bits per heavy atom. The number of nitrogens with zero attached hydrogens (tertiary/aromatic N) is 1. The zero-order valence-electron chi connectivity index (χ0n) is 8.09. The van der Waals surface area contributed by atoms with Gasteiger partial charge in [0.05, 0.1) is 0 Å². The predicted molar refractivity (Wildman–Crippen MR) is 53.5 cm³/mol. The van der Waals surface area contributed by atoms with Crippen molar-refractivity contribution in [2.24, 2.45) is 0 Å². The van der Waals surface area contributed by atoms with Crippen molar-refractivity contribution in [3.63, 3.8) is 0 Å². The summed E-state index contributed by atoms with van der Waals surface area (Å²) in [7, 11) is 0. The summed E-state index contributed by atoms with van der Waals surface area (Å²) in [5.74, 6) is -1.06. The molecule has 0 aromatic heterocycles. The van der Waals surface area contributed by atoms with Gasteiger partial charge in [0, 0.05) is 13.1 Å². The number of nitrogens with one attached hydrogen (secondary N) is 2. The second kappa shape index (κ2) is 5.55. The van der Waals surface area contributed by atoms with Gasteiger partial charge in [0.2, 0.25) is 11.8 Å². The minimum Gasteiger partial charge on any atom is -0.354 e. The van der Waals surface area contributed by atoms with Crippen molar-refractivity contribution in [2.45, 2.75) is 6.42 Å². The smallest absolute Gasteiger partial charge is 0.324 e. The largest absolute Gasteiger partial charge is 0.354 e. The SMILES string of the molecule is O=C1CN(C(=O)NC(=O)CCl)CCCN1. The van der Waals surface area contributed by atoms with Gasteiger partial charge in [-0.15, -0.1) is 11.6 Å². The molecule has 0 aromatic carbocycles. The van der Waals surface area contributed by atoms with Crippen LogP contribution in [0.3, 0.4) is 0 Å². The van der Waals surface area contributed by atoms with Gasteiger partial charge in [0.15, 0.2) is 0 Å². The molecule has 7 heteroatoms. The molecule has 6 nitrogen and oxygen atoms in total. The molecule has 0 spiro atoms. The van der Waals surface area contributed by atoms with Crippen LogP contribution in [0.5, 0.6) is 0 Å². The molecule has 15 heavy (non-hydrogen) atoms. The second-order valence-electron chi connectivity index (χ2n) is 3.11. The predicted octanol–water partition coefficient (Wildman–Crippen LogP) is -0.717. The average molecular weight is 234 g/mol. The quantitative estimate of drug-likeness (QED) is 0.587. The third-order valence-corrected chi connectivity index (χ3v) is 2.16. The van der Waals surface area contributed by atoms with Crippen molar-refractivity contribution in [1.82, 2.24) is 15.5 Å². The summed E-state index contributed by atoms with van der Waals surface area (Å²) in [6.45, 7) is 0.966. The van der Waals surface area contributed by atoms with Crippen LogP contribution < -0.4 is 10.6 Å². The molecule has 1 fully saturated rings. The fourth-order valence-corrected chi connectivity index (χ4v) is 1.28. The first-order valence-electron chi connectivity index (χ1n) is 4.55. The Labute approximate surface area is 91.9 Å². The van der Waals surface area contributed by atoms with Crippen molar-refractivity contribution in [2.75, 3.05) is 25.5 Å². The van der Waals surface area contributed by atoms with E-state index in [2.05, 4.69) is 10.6 Å². The molecule has 0 radical (unpaired) electrons. The monoisotopic (exact) mass is 233 g/mol. The van der Waals surface area contributed by atoms with Crippen LogP contribution in [0.1, 0.15) is 6.42 Å². The zero-order chi connectivity index (χ0) is 11.3. The molecule has 0 aliphatic carbocycles. The number of halogens is 1. The Balaban J connectivity index is 2.50. The number of alkyl halides is 1. The van der Waals surface area contributed by atoms with E-state index in [1.54, 1.807) is 0 Å². The van der Waals surface area contributed by atoms with Crippen molar-refractivity contribution in [1.29, 1.82) is 0 Å². The molecule has 1 heterocycles. The van der Waals surface area contributed by atoms with Crippen LogP contribution >= 0.6 is 11.6 Å². The van der Waals surface area contributed by atoms with E-state index >= 15 is 0 Å². The summed E-state index contributed by atoms with van der Waals surface area (Å²) >= 11 is 5.23. The summed E-state index contributed by atoms with van der Waals surface area (Å²) in [6.07, 6.45) is 0.675. The van der Waals surface area contributed by atoms with Crippen LogP contribution in [0.4, 0.5) is 4.79 Å². The van der Waals surface area contributed by atoms with Crippen LogP contribution in [-0.4, -0.2) is 48.3 Å². The third kappa shape index (κ3) is 3.75. The van der Waals surface area contributed by atoms with Gasteiger partial charge in [-0.3, -0.25) is 14.9 Å². The molecule has 2 N–H and O–H groups in total. The normalized spacial score (nSPS) is 16.6. The zero-order valence-corrected chi connectivity index (χ0v) is 8.84. The van der Waals surface area contributed by atoms with Gasteiger partial charge >= 0.3 is 6.03 Å². The van der Waals surface area contributed by atoms with E-state index in [1.807, 2.05) is 0 Å². The van der Waals surface area contributed by atoms with E-state index in [0.717, 1.165) is 0 Å². The van der Waals surface area contributed by atoms with Crippen molar-refractivity contribution >= 4 is 29.4 Å². The van der Waals surface area contributed by atoms with E-state index in [0.29, 0.717) is 19.5 Å². The Kier molecular flexibility index (Phi) is 4.36. The third-order valence-electron chi connectivity index (χ3n) is 1.92. The molecular formula is C8H12ClN3O3. The van der Waals surface area contributed by atoms with Gasteiger partial charge in [-0.05, 0) is 6.42 Å². The highest BCUT2D eigenvalue weighted by Gasteiger charge is 2.20. The van der Waals surface area contributed by atoms with Crippen molar-refractivity contribution in [3.8, 4) is 0 Å². The van der Waals surface area contributed by atoms with Gasteiger partial charge in [0.25, 0.3) is 0 Å². The lowest BCUT2D eigenvalue weighted by Crippen LogP contribution is -2.45. The number of hydrogen-bond donors (Lipinski definition) is 2. The Hall–Kier alpha value is -1.30. The lowest BCUT2D eigenvalue weighted by molar-refractivity contribution is -0.121. The number of imide groups is 1. The molecule has 84 valence electrons. The Bertz CT molecular complexity index is 282. The molecule has 0 bridgehead atoms. The highest BCUT2D eigenvalue weighted by atomic mass is 35.5. The first-order chi connectivity index (χ1) is 7.13. The maximum atomic E-state index is 11.4. The molecule has 0 saturated carbocycles. The average Bonchev–Trinajstić information content (AvgIpc) is 2.42. The standard InChI is InChI=1S/C8H12ClN3O3/c9-4-6(13)11-8(15)12-3-1-2-10-7(14)5-12/h1-5H2,(H,10,14)(H,11,13,15). The van der Waals surface area contributed by atoms with Crippen molar-refractivity contribution in [3.05, 3.63) is 0 Å². The maximum absolute atomic E-state index is 11.4. The number of hydrogen-bond acceptors (Lipinski definition) is 3. The van der Waals surface area contributed by atoms with Gasteiger partial charge in [0.1, 0.15) is 12.4 Å². The van der Waals surface area contributed by atoms with Gasteiger partial charge < -0.3 is 10.2 Å². The van der Waals surface area contributed by atoms with E-state index in [4.69, 9.17) is 11.6 Å². The highest BCUT2D eigenvalue weighted by molar-refractivity contribution is 6.28. The summed E-state index contributed by atoms with van der Waals surface area (Å²) in [4.78, 5) is 34.7. The van der Waals surface area contributed by atoms with Gasteiger partial charge in [-0.2, -0.15) is 0 Å². The van der Waals surface area contributed by atoms with Crippen LogP contribution in [0.2, 0.25) is 0 Å². The molecule has 0 atom stereocenters. The summed E-state index contributed by atoms with van der Waals surface area (Å²) in [5.41, 5.74) is 0. The van der Waals surface area contributed by atoms with Gasteiger partial charge in [-0.25, -0.2) is 4.79 Å².